The molecule has 0 aliphatic rings. The summed E-state index contributed by atoms with van der Waals surface area (Å²) in [5, 5.41) is 12.6. The minimum Gasteiger partial charge on any atom is -0.464 e. The van der Waals surface area contributed by atoms with Gasteiger partial charge < -0.3 is 14.8 Å². The van der Waals surface area contributed by atoms with Gasteiger partial charge in [-0.15, -0.1) is 0 Å². The van der Waals surface area contributed by atoms with E-state index in [4.69, 9.17) is 9.52 Å². The summed E-state index contributed by atoms with van der Waals surface area (Å²) in [6.07, 6.45) is 0.840. The number of rotatable bonds is 8. The van der Waals surface area contributed by atoms with Crippen LogP contribution >= 0.6 is 11.8 Å². The van der Waals surface area contributed by atoms with E-state index in [2.05, 4.69) is 26.1 Å². The lowest BCUT2D eigenvalue weighted by Gasteiger charge is -2.07. The van der Waals surface area contributed by atoms with Crippen molar-refractivity contribution in [1.82, 2.24) is 5.32 Å². The van der Waals surface area contributed by atoms with Gasteiger partial charge in [0.25, 0.3) is 0 Å². The van der Waals surface area contributed by atoms with Crippen LogP contribution in [0.15, 0.2) is 16.5 Å². The number of furan rings is 1. The Morgan fingerprint density at radius 1 is 1.29 bits per heavy atom. The molecule has 98 valence electrons. The smallest absolute Gasteiger partial charge is 0.118 e. The van der Waals surface area contributed by atoms with Gasteiger partial charge in [0, 0.05) is 17.9 Å². The Bertz CT molecular complexity index is 312. The van der Waals surface area contributed by atoms with Crippen molar-refractivity contribution in [3.05, 3.63) is 23.7 Å². The molecule has 0 spiro atoms. The molecule has 0 aliphatic heterocycles. The summed E-state index contributed by atoms with van der Waals surface area (Å²) < 4.78 is 5.72. The van der Waals surface area contributed by atoms with Crippen molar-refractivity contribution in [2.45, 2.75) is 50.8 Å². The van der Waals surface area contributed by atoms with Gasteiger partial charge in [-0.25, -0.2) is 0 Å². The van der Waals surface area contributed by atoms with Crippen molar-refractivity contribution < 1.29 is 9.52 Å². The molecular weight excluding hydrogens is 234 g/mol. The monoisotopic (exact) mass is 257 g/mol. The minimum atomic E-state index is 0.260. The summed E-state index contributed by atoms with van der Waals surface area (Å²) in [5.74, 6) is 2.88. The van der Waals surface area contributed by atoms with Crippen LogP contribution < -0.4 is 5.32 Å². The second kappa shape index (κ2) is 7.80. The molecule has 3 nitrogen and oxygen atoms in total. The highest BCUT2D eigenvalue weighted by molar-refractivity contribution is 7.99. The highest BCUT2D eigenvalue weighted by Crippen LogP contribution is 2.21. The first-order valence-electron chi connectivity index (χ1n) is 6.15. The van der Waals surface area contributed by atoms with Crippen molar-refractivity contribution in [3.63, 3.8) is 0 Å². The van der Waals surface area contributed by atoms with E-state index in [0.29, 0.717) is 11.3 Å². The molecule has 17 heavy (non-hydrogen) atoms. The first kappa shape index (κ1) is 14.6. The number of aliphatic hydroxyl groups excluding tert-OH is 1. The van der Waals surface area contributed by atoms with Gasteiger partial charge in [-0.2, -0.15) is 11.8 Å². The summed E-state index contributed by atoms with van der Waals surface area (Å²) >= 11 is 1.82. The van der Waals surface area contributed by atoms with Crippen molar-refractivity contribution >= 4 is 11.8 Å². The normalized spacial score (nSPS) is 13.2. The molecule has 1 heterocycles. The van der Waals surface area contributed by atoms with Crippen LogP contribution in [0.1, 0.15) is 38.7 Å². The lowest BCUT2D eigenvalue weighted by atomic mass is 10.3. The SMILES string of the molecule is CC(C)NCc1ccc(CSC(C)CCO)o1. The second-order valence-corrected chi connectivity index (χ2v) is 5.96. The Hall–Kier alpha value is -0.450. The van der Waals surface area contributed by atoms with Gasteiger partial charge in [0.2, 0.25) is 0 Å². The van der Waals surface area contributed by atoms with Crippen LogP contribution in [0.3, 0.4) is 0 Å². The molecule has 1 aromatic rings. The Kier molecular flexibility index (Phi) is 6.70. The van der Waals surface area contributed by atoms with Crippen LogP contribution in [-0.4, -0.2) is 23.0 Å². The molecular formula is C13H23NO2S. The van der Waals surface area contributed by atoms with Gasteiger partial charge in [0.05, 0.1) is 12.3 Å². The Morgan fingerprint density at radius 3 is 2.65 bits per heavy atom. The van der Waals surface area contributed by atoms with Crippen LogP contribution in [0.25, 0.3) is 0 Å². The fraction of sp³-hybridized carbons (Fsp3) is 0.692. The van der Waals surface area contributed by atoms with Gasteiger partial charge in [0.1, 0.15) is 11.5 Å². The number of thioether (sulfide) groups is 1. The predicted octanol–water partition coefficient (Wildman–Crippen LogP) is 2.78. The zero-order chi connectivity index (χ0) is 12.7. The molecule has 0 fully saturated rings. The third-order valence-electron chi connectivity index (χ3n) is 2.45. The van der Waals surface area contributed by atoms with E-state index in [1.807, 2.05) is 23.9 Å². The van der Waals surface area contributed by atoms with Crippen LogP contribution in [0.5, 0.6) is 0 Å². The number of aliphatic hydroxyl groups is 1. The molecule has 1 aromatic heterocycles. The highest BCUT2D eigenvalue weighted by atomic mass is 32.2. The fourth-order valence-corrected chi connectivity index (χ4v) is 2.27. The quantitative estimate of drug-likeness (QED) is 0.751. The highest BCUT2D eigenvalue weighted by Gasteiger charge is 2.06. The summed E-state index contributed by atoms with van der Waals surface area (Å²) in [6, 6.07) is 4.54. The Labute approximate surface area is 108 Å². The van der Waals surface area contributed by atoms with Crippen molar-refractivity contribution in [2.75, 3.05) is 6.61 Å². The van der Waals surface area contributed by atoms with Gasteiger partial charge in [0.15, 0.2) is 0 Å². The molecule has 0 aliphatic carbocycles. The van der Waals surface area contributed by atoms with E-state index in [-0.39, 0.29) is 6.61 Å². The van der Waals surface area contributed by atoms with E-state index in [0.717, 1.165) is 30.2 Å². The minimum absolute atomic E-state index is 0.260. The zero-order valence-electron chi connectivity index (χ0n) is 10.9. The van der Waals surface area contributed by atoms with Gasteiger partial charge >= 0.3 is 0 Å². The number of nitrogens with one attached hydrogen (secondary N) is 1. The van der Waals surface area contributed by atoms with Crippen LogP contribution in [0, 0.1) is 0 Å². The molecule has 0 amide bonds. The van der Waals surface area contributed by atoms with Gasteiger partial charge in [-0.3, -0.25) is 0 Å². The second-order valence-electron chi connectivity index (χ2n) is 4.54. The van der Waals surface area contributed by atoms with E-state index in [1.165, 1.54) is 0 Å². The maximum atomic E-state index is 8.81. The van der Waals surface area contributed by atoms with Crippen LogP contribution in [0.4, 0.5) is 0 Å². The van der Waals surface area contributed by atoms with Crippen LogP contribution in [0.2, 0.25) is 0 Å². The predicted molar refractivity (Wildman–Crippen MR) is 73.1 cm³/mol. The largest absolute Gasteiger partial charge is 0.464 e. The summed E-state index contributed by atoms with van der Waals surface area (Å²) in [4.78, 5) is 0. The fourth-order valence-electron chi connectivity index (χ4n) is 1.39. The molecule has 0 radical (unpaired) electrons. The average Bonchev–Trinajstić information content (AvgIpc) is 2.72. The maximum absolute atomic E-state index is 8.81. The summed E-state index contributed by atoms with van der Waals surface area (Å²) in [7, 11) is 0. The molecule has 1 rings (SSSR count). The first-order valence-corrected chi connectivity index (χ1v) is 7.20. The van der Waals surface area contributed by atoms with E-state index in [9.17, 15) is 0 Å². The molecule has 0 bridgehead atoms. The Balaban J connectivity index is 2.30. The molecule has 4 heteroatoms. The first-order chi connectivity index (χ1) is 8.11. The third-order valence-corrected chi connectivity index (χ3v) is 3.70. The number of hydrogen-bond donors (Lipinski definition) is 2. The van der Waals surface area contributed by atoms with E-state index >= 15 is 0 Å². The summed E-state index contributed by atoms with van der Waals surface area (Å²) in [5.41, 5.74) is 0. The molecule has 2 N–H and O–H groups in total. The van der Waals surface area contributed by atoms with Gasteiger partial charge in [-0.1, -0.05) is 20.8 Å². The lowest BCUT2D eigenvalue weighted by Crippen LogP contribution is -2.21. The molecule has 1 atom stereocenters. The Morgan fingerprint density at radius 2 is 2.00 bits per heavy atom. The third kappa shape index (κ3) is 6.15. The maximum Gasteiger partial charge on any atom is 0.118 e. The lowest BCUT2D eigenvalue weighted by molar-refractivity contribution is 0.289. The van der Waals surface area contributed by atoms with Crippen molar-refractivity contribution in [1.29, 1.82) is 0 Å². The van der Waals surface area contributed by atoms with Crippen LogP contribution in [-0.2, 0) is 12.3 Å². The topological polar surface area (TPSA) is 45.4 Å². The molecule has 1 unspecified atom stereocenters. The average molecular weight is 257 g/mol. The molecule has 0 aromatic carbocycles. The molecule has 0 saturated heterocycles. The standard InChI is InChI=1S/C13H23NO2S/c1-10(2)14-8-12-4-5-13(16-12)9-17-11(3)6-7-15/h4-5,10-11,14-15H,6-9H2,1-3H3. The number of hydrogen-bond acceptors (Lipinski definition) is 4. The van der Waals surface area contributed by atoms with E-state index < -0.39 is 0 Å². The summed E-state index contributed by atoms with van der Waals surface area (Å²) in [6.45, 7) is 7.42. The van der Waals surface area contributed by atoms with Crippen molar-refractivity contribution in [2.24, 2.45) is 0 Å². The van der Waals surface area contributed by atoms with Gasteiger partial charge in [-0.05, 0) is 18.6 Å². The van der Waals surface area contributed by atoms with E-state index in [1.54, 1.807) is 0 Å². The van der Waals surface area contributed by atoms with Crippen molar-refractivity contribution in [3.8, 4) is 0 Å². The zero-order valence-corrected chi connectivity index (χ0v) is 11.7. The molecule has 0 saturated carbocycles.